The molecule has 0 saturated heterocycles. The summed E-state index contributed by atoms with van der Waals surface area (Å²) in [4.78, 5) is 11.1. The summed E-state index contributed by atoms with van der Waals surface area (Å²) in [7, 11) is 0. The van der Waals surface area contributed by atoms with Gasteiger partial charge in [-0.2, -0.15) is 5.10 Å². The molecule has 0 atom stereocenters. The number of H-pyrrole nitrogens is 1. The summed E-state index contributed by atoms with van der Waals surface area (Å²) in [5, 5.41) is 7.42. The van der Waals surface area contributed by atoms with Crippen LogP contribution < -0.4 is 0 Å². The summed E-state index contributed by atoms with van der Waals surface area (Å²) >= 11 is 0. The Hall–Kier alpha value is -2.68. The Balaban J connectivity index is 1.85. The van der Waals surface area contributed by atoms with Gasteiger partial charge in [-0.3, -0.25) is 9.89 Å². The predicted molar refractivity (Wildman–Crippen MR) is 83.8 cm³/mol. The van der Waals surface area contributed by atoms with Crippen LogP contribution in [0.3, 0.4) is 0 Å². The molecule has 0 bridgehead atoms. The van der Waals surface area contributed by atoms with Crippen LogP contribution in [0, 0.1) is 0 Å². The number of ketones is 1. The Kier molecular flexibility index (Phi) is 3.65. The van der Waals surface area contributed by atoms with E-state index >= 15 is 0 Å². The van der Waals surface area contributed by atoms with Crippen molar-refractivity contribution >= 4 is 5.78 Å². The second kappa shape index (κ2) is 5.75. The first-order valence-corrected chi connectivity index (χ1v) is 6.92. The number of nitrogens with one attached hydrogen (secondary N) is 1. The van der Waals surface area contributed by atoms with Crippen LogP contribution in [0.4, 0.5) is 0 Å². The van der Waals surface area contributed by atoms with Crippen molar-refractivity contribution in [2.75, 3.05) is 0 Å². The number of nitrogens with zero attached hydrogens (tertiary/aromatic N) is 1. The molecular weight excluding hydrogens is 260 g/mol. The maximum Gasteiger partial charge on any atom is 0.134 e. The van der Waals surface area contributed by atoms with Gasteiger partial charge in [-0.1, -0.05) is 54.6 Å². The fraction of sp³-hybridized carbons (Fsp3) is 0.111. The summed E-state index contributed by atoms with van der Waals surface area (Å²) in [5.74, 6) is 0.177. The van der Waals surface area contributed by atoms with Crippen LogP contribution in [-0.4, -0.2) is 16.0 Å². The van der Waals surface area contributed by atoms with Crippen LogP contribution >= 0.6 is 0 Å². The zero-order valence-corrected chi connectivity index (χ0v) is 11.8. The first-order chi connectivity index (χ1) is 10.2. The highest BCUT2D eigenvalue weighted by Gasteiger charge is 2.06. The molecule has 0 saturated carbocycles. The van der Waals surface area contributed by atoms with Crippen molar-refractivity contribution in [2.45, 2.75) is 13.3 Å². The molecule has 0 unspecified atom stereocenters. The van der Waals surface area contributed by atoms with Gasteiger partial charge in [0, 0.05) is 12.0 Å². The summed E-state index contributed by atoms with van der Waals surface area (Å²) < 4.78 is 0. The van der Waals surface area contributed by atoms with Crippen LogP contribution in [0.15, 0.2) is 60.7 Å². The zero-order valence-electron chi connectivity index (χ0n) is 11.8. The lowest BCUT2D eigenvalue weighted by atomic mass is 10.0. The Morgan fingerprint density at radius 1 is 1.00 bits per heavy atom. The molecule has 2 aromatic carbocycles. The molecule has 1 aromatic heterocycles. The van der Waals surface area contributed by atoms with Gasteiger partial charge in [0.05, 0.1) is 11.4 Å². The van der Waals surface area contributed by atoms with E-state index in [1.807, 2.05) is 60.7 Å². The van der Waals surface area contributed by atoms with E-state index in [9.17, 15) is 4.79 Å². The maximum atomic E-state index is 11.1. The highest BCUT2D eigenvalue weighted by molar-refractivity contribution is 5.78. The van der Waals surface area contributed by atoms with Crippen molar-refractivity contribution in [3.63, 3.8) is 0 Å². The summed E-state index contributed by atoms with van der Waals surface area (Å²) in [6, 6.07) is 20.1. The van der Waals surface area contributed by atoms with Gasteiger partial charge in [-0.05, 0) is 24.1 Å². The molecule has 3 nitrogen and oxygen atoms in total. The minimum absolute atomic E-state index is 0.177. The molecule has 0 radical (unpaired) electrons. The fourth-order valence-corrected chi connectivity index (χ4v) is 2.32. The molecule has 1 N–H and O–H groups in total. The van der Waals surface area contributed by atoms with E-state index in [1.54, 1.807) is 6.92 Å². The third-order valence-electron chi connectivity index (χ3n) is 3.37. The van der Waals surface area contributed by atoms with E-state index in [1.165, 1.54) is 0 Å². The topological polar surface area (TPSA) is 45.8 Å². The van der Waals surface area contributed by atoms with Crippen LogP contribution in [0.5, 0.6) is 0 Å². The van der Waals surface area contributed by atoms with E-state index in [-0.39, 0.29) is 5.78 Å². The quantitative estimate of drug-likeness (QED) is 0.786. The number of benzene rings is 2. The maximum absolute atomic E-state index is 11.1. The largest absolute Gasteiger partial charge is 0.300 e. The van der Waals surface area contributed by atoms with Crippen LogP contribution in [0.2, 0.25) is 0 Å². The lowest BCUT2D eigenvalue weighted by Crippen LogP contribution is -1.95. The average Bonchev–Trinajstić information content (AvgIpc) is 2.98. The molecule has 0 aliphatic heterocycles. The Labute approximate surface area is 123 Å². The summed E-state index contributed by atoms with van der Waals surface area (Å²) in [6.07, 6.45) is 0.485. The van der Waals surface area contributed by atoms with Crippen molar-refractivity contribution < 1.29 is 4.79 Å². The molecule has 104 valence electrons. The van der Waals surface area contributed by atoms with Crippen LogP contribution in [0.1, 0.15) is 12.5 Å². The zero-order chi connectivity index (χ0) is 14.7. The van der Waals surface area contributed by atoms with Crippen molar-refractivity contribution in [1.82, 2.24) is 10.2 Å². The van der Waals surface area contributed by atoms with Gasteiger partial charge in [0.25, 0.3) is 0 Å². The number of rotatable bonds is 4. The third-order valence-corrected chi connectivity index (χ3v) is 3.37. The molecule has 1 heterocycles. The first kappa shape index (κ1) is 13.3. The molecule has 0 amide bonds. The smallest absolute Gasteiger partial charge is 0.134 e. The molecule has 3 heteroatoms. The van der Waals surface area contributed by atoms with E-state index in [0.717, 1.165) is 28.1 Å². The predicted octanol–water partition coefficient (Wildman–Crippen LogP) is 3.88. The van der Waals surface area contributed by atoms with E-state index in [2.05, 4.69) is 10.2 Å². The molecule has 3 aromatic rings. The van der Waals surface area contributed by atoms with Gasteiger partial charge >= 0.3 is 0 Å². The Bertz CT molecular complexity index is 742. The van der Waals surface area contributed by atoms with Gasteiger partial charge in [0.15, 0.2) is 0 Å². The number of hydrogen-bond acceptors (Lipinski definition) is 2. The van der Waals surface area contributed by atoms with Crippen LogP contribution in [-0.2, 0) is 11.2 Å². The van der Waals surface area contributed by atoms with Crippen molar-refractivity contribution in [1.29, 1.82) is 0 Å². The van der Waals surface area contributed by atoms with Gasteiger partial charge in [0.1, 0.15) is 5.78 Å². The Morgan fingerprint density at radius 3 is 2.38 bits per heavy atom. The average molecular weight is 276 g/mol. The lowest BCUT2D eigenvalue weighted by Gasteiger charge is -2.00. The summed E-state index contributed by atoms with van der Waals surface area (Å²) in [5.41, 5.74) is 5.10. The second-order valence-electron chi connectivity index (χ2n) is 5.11. The Morgan fingerprint density at radius 2 is 1.71 bits per heavy atom. The minimum atomic E-state index is 0.177. The lowest BCUT2D eigenvalue weighted by molar-refractivity contribution is -0.116. The standard InChI is InChI=1S/C18H16N2O/c1-13(21)11-14-7-9-16(10-8-14)18-12-17(19-20-18)15-5-3-2-4-6-15/h2-10,12H,11H2,1H3,(H,19,20). The summed E-state index contributed by atoms with van der Waals surface area (Å²) in [6.45, 7) is 1.61. The number of carbonyl (C=O) groups is 1. The fourth-order valence-electron chi connectivity index (χ4n) is 2.32. The van der Waals surface area contributed by atoms with Gasteiger partial charge in [0.2, 0.25) is 0 Å². The minimum Gasteiger partial charge on any atom is -0.300 e. The molecule has 0 fully saturated rings. The number of carbonyl (C=O) groups excluding carboxylic acids is 1. The van der Waals surface area contributed by atoms with Gasteiger partial charge in [-0.25, -0.2) is 0 Å². The number of aromatic nitrogens is 2. The van der Waals surface area contributed by atoms with E-state index in [0.29, 0.717) is 6.42 Å². The highest BCUT2D eigenvalue weighted by Crippen LogP contribution is 2.23. The number of Topliss-reactive ketones (excluding diaryl/α,β-unsaturated/α-hetero) is 1. The van der Waals surface area contributed by atoms with Crippen molar-refractivity contribution in [3.05, 3.63) is 66.2 Å². The van der Waals surface area contributed by atoms with Crippen LogP contribution in [0.25, 0.3) is 22.5 Å². The SMILES string of the molecule is CC(=O)Cc1ccc(-c2cc(-c3ccccc3)n[nH]2)cc1. The third kappa shape index (κ3) is 3.08. The first-order valence-electron chi connectivity index (χ1n) is 6.92. The molecule has 0 aliphatic rings. The molecule has 3 rings (SSSR count). The van der Waals surface area contributed by atoms with Crippen molar-refractivity contribution in [3.8, 4) is 22.5 Å². The molecule has 0 spiro atoms. The van der Waals surface area contributed by atoms with E-state index < -0.39 is 0 Å². The monoisotopic (exact) mass is 276 g/mol. The second-order valence-corrected chi connectivity index (χ2v) is 5.11. The van der Waals surface area contributed by atoms with Gasteiger partial charge < -0.3 is 0 Å². The van der Waals surface area contributed by atoms with Gasteiger partial charge in [-0.15, -0.1) is 0 Å². The molecular formula is C18H16N2O. The molecule has 21 heavy (non-hydrogen) atoms. The highest BCUT2D eigenvalue weighted by atomic mass is 16.1. The number of aromatic amines is 1. The number of hydrogen-bond donors (Lipinski definition) is 1. The van der Waals surface area contributed by atoms with Crippen molar-refractivity contribution in [2.24, 2.45) is 0 Å². The molecule has 0 aliphatic carbocycles. The normalized spacial score (nSPS) is 10.5. The van der Waals surface area contributed by atoms with E-state index in [4.69, 9.17) is 0 Å².